The second-order valence-corrected chi connectivity index (χ2v) is 10.6. The lowest BCUT2D eigenvalue weighted by atomic mass is 10.1. The summed E-state index contributed by atoms with van der Waals surface area (Å²) in [6, 6.07) is 20.7. The van der Waals surface area contributed by atoms with E-state index in [0.29, 0.717) is 30.2 Å². The molecule has 1 amide bonds. The molecular formula is C33H42Cl2FN3O3. The zero-order valence-corrected chi connectivity index (χ0v) is 25.7. The standard InChI is InChI=1S/C33H40FN3O3.2ClH/c34-28-9-11-29(12-10-28)37(30-13-17-32(18-14-30)40-26-24-36-21-5-2-6-22-36)33(38)27-7-15-31(16-8-27)39-25-23-35-19-3-1-4-20-35;;/h7-18H,1-6,19-26H2;2*1H. The molecular weight excluding hydrogens is 576 g/mol. The minimum atomic E-state index is -0.348. The molecule has 5 rings (SSSR count). The molecule has 0 N–H and O–H groups in total. The van der Waals surface area contributed by atoms with Crippen LogP contribution in [0.4, 0.5) is 15.8 Å². The predicted molar refractivity (Wildman–Crippen MR) is 172 cm³/mol. The number of likely N-dealkylation sites (tertiary alicyclic amines) is 2. The van der Waals surface area contributed by atoms with Gasteiger partial charge in [-0.2, -0.15) is 0 Å². The van der Waals surface area contributed by atoms with E-state index in [-0.39, 0.29) is 36.5 Å². The van der Waals surface area contributed by atoms with Crippen LogP contribution in [-0.2, 0) is 0 Å². The highest BCUT2D eigenvalue weighted by Gasteiger charge is 2.21. The van der Waals surface area contributed by atoms with Gasteiger partial charge in [-0.3, -0.25) is 19.5 Å². The molecule has 6 nitrogen and oxygen atoms in total. The molecule has 2 saturated heterocycles. The highest BCUT2D eigenvalue weighted by molar-refractivity contribution is 6.11. The van der Waals surface area contributed by atoms with Gasteiger partial charge in [-0.1, -0.05) is 12.8 Å². The summed E-state index contributed by atoms with van der Waals surface area (Å²) in [5.74, 6) is 0.955. The Balaban J connectivity index is 0.00000242. The Kier molecular flexibility index (Phi) is 13.9. The number of hydrogen-bond donors (Lipinski definition) is 0. The number of carbonyl (C=O) groups excluding carboxylic acids is 1. The molecule has 0 bridgehead atoms. The fraction of sp³-hybridized carbons (Fsp3) is 0.424. The number of piperidine rings is 2. The van der Waals surface area contributed by atoms with E-state index >= 15 is 0 Å². The van der Waals surface area contributed by atoms with E-state index in [4.69, 9.17) is 9.47 Å². The van der Waals surface area contributed by atoms with Gasteiger partial charge in [0.05, 0.1) is 0 Å². The SMILES string of the molecule is Cl.Cl.O=C(c1ccc(OCCN2CCCCC2)cc1)N(c1ccc(F)cc1)c1ccc(OCCN2CCCCC2)cc1. The number of ether oxygens (including phenoxy) is 2. The lowest BCUT2D eigenvalue weighted by molar-refractivity contribution is 0.0999. The molecule has 228 valence electrons. The Morgan fingerprint density at radius 2 is 1.02 bits per heavy atom. The van der Waals surface area contributed by atoms with Crippen molar-refractivity contribution in [2.45, 2.75) is 38.5 Å². The van der Waals surface area contributed by atoms with Crippen molar-refractivity contribution in [3.05, 3.63) is 84.2 Å². The predicted octanol–water partition coefficient (Wildman–Crippen LogP) is 7.38. The van der Waals surface area contributed by atoms with Gasteiger partial charge in [-0.25, -0.2) is 4.39 Å². The van der Waals surface area contributed by atoms with Crippen LogP contribution in [-0.4, -0.2) is 68.2 Å². The average molecular weight is 619 g/mol. The number of amides is 1. The van der Waals surface area contributed by atoms with Gasteiger partial charge >= 0.3 is 0 Å². The lowest BCUT2D eigenvalue weighted by Gasteiger charge is -2.26. The second-order valence-electron chi connectivity index (χ2n) is 10.6. The minimum Gasteiger partial charge on any atom is -0.492 e. The van der Waals surface area contributed by atoms with Crippen molar-refractivity contribution in [1.82, 2.24) is 9.80 Å². The second kappa shape index (κ2) is 17.3. The van der Waals surface area contributed by atoms with E-state index < -0.39 is 0 Å². The van der Waals surface area contributed by atoms with Crippen LogP contribution in [0.2, 0.25) is 0 Å². The van der Waals surface area contributed by atoms with E-state index in [9.17, 15) is 9.18 Å². The first-order chi connectivity index (χ1) is 19.7. The normalized spacial score (nSPS) is 15.6. The van der Waals surface area contributed by atoms with Crippen LogP contribution in [0.5, 0.6) is 11.5 Å². The van der Waals surface area contributed by atoms with Crippen LogP contribution in [0, 0.1) is 5.82 Å². The van der Waals surface area contributed by atoms with Gasteiger partial charge < -0.3 is 9.47 Å². The molecule has 2 fully saturated rings. The van der Waals surface area contributed by atoms with Crippen LogP contribution in [0.25, 0.3) is 0 Å². The Bertz CT molecular complexity index is 1200. The Morgan fingerprint density at radius 3 is 1.48 bits per heavy atom. The monoisotopic (exact) mass is 617 g/mol. The topological polar surface area (TPSA) is 45.3 Å². The molecule has 0 atom stereocenters. The maximum atomic E-state index is 13.7. The quantitative estimate of drug-likeness (QED) is 0.225. The summed E-state index contributed by atoms with van der Waals surface area (Å²) in [6.07, 6.45) is 7.68. The maximum absolute atomic E-state index is 13.7. The van der Waals surface area contributed by atoms with Crippen molar-refractivity contribution < 1.29 is 18.7 Å². The number of rotatable bonds is 11. The molecule has 3 aromatic rings. The van der Waals surface area contributed by atoms with Gasteiger partial charge in [0.1, 0.15) is 30.5 Å². The van der Waals surface area contributed by atoms with Crippen LogP contribution in [0.3, 0.4) is 0 Å². The number of hydrogen-bond acceptors (Lipinski definition) is 5. The smallest absolute Gasteiger partial charge is 0.262 e. The molecule has 2 aliphatic heterocycles. The number of carbonyl (C=O) groups is 1. The largest absolute Gasteiger partial charge is 0.492 e. The van der Waals surface area contributed by atoms with Gasteiger partial charge in [0, 0.05) is 30.0 Å². The van der Waals surface area contributed by atoms with Crippen LogP contribution in [0.1, 0.15) is 48.9 Å². The van der Waals surface area contributed by atoms with E-state index in [0.717, 1.165) is 50.8 Å². The van der Waals surface area contributed by atoms with Crippen LogP contribution < -0.4 is 14.4 Å². The van der Waals surface area contributed by atoms with Crippen LogP contribution >= 0.6 is 24.8 Å². The minimum absolute atomic E-state index is 0. The van der Waals surface area contributed by atoms with Crippen molar-refractivity contribution in [1.29, 1.82) is 0 Å². The van der Waals surface area contributed by atoms with Gasteiger partial charge in [0.15, 0.2) is 0 Å². The van der Waals surface area contributed by atoms with Crippen molar-refractivity contribution in [3.63, 3.8) is 0 Å². The van der Waals surface area contributed by atoms with Crippen molar-refractivity contribution in [2.24, 2.45) is 0 Å². The number of nitrogens with zero attached hydrogens (tertiary/aromatic N) is 3. The first kappa shape index (κ1) is 33.7. The van der Waals surface area contributed by atoms with Gasteiger partial charge in [0.2, 0.25) is 0 Å². The molecule has 0 aromatic heterocycles. The molecule has 3 aromatic carbocycles. The summed E-state index contributed by atoms with van der Waals surface area (Å²) >= 11 is 0. The Morgan fingerprint density at radius 1 is 0.619 bits per heavy atom. The van der Waals surface area contributed by atoms with Gasteiger partial charge in [0.25, 0.3) is 5.91 Å². The molecule has 0 unspecified atom stereocenters. The Labute approximate surface area is 261 Å². The van der Waals surface area contributed by atoms with Gasteiger partial charge in [-0.05, 0) is 125 Å². The molecule has 0 aliphatic carbocycles. The summed E-state index contributed by atoms with van der Waals surface area (Å²) in [7, 11) is 0. The highest BCUT2D eigenvalue weighted by Crippen LogP contribution is 2.30. The highest BCUT2D eigenvalue weighted by atomic mass is 35.5. The molecule has 2 heterocycles. The van der Waals surface area contributed by atoms with E-state index in [1.54, 1.807) is 29.2 Å². The Hall–Kier alpha value is -2.84. The lowest BCUT2D eigenvalue weighted by Crippen LogP contribution is -2.33. The third-order valence-corrected chi connectivity index (χ3v) is 7.73. The molecule has 0 saturated carbocycles. The number of benzene rings is 3. The zero-order chi connectivity index (χ0) is 27.6. The first-order valence-corrected chi connectivity index (χ1v) is 14.7. The fourth-order valence-corrected chi connectivity index (χ4v) is 5.44. The first-order valence-electron chi connectivity index (χ1n) is 14.7. The number of anilines is 2. The third-order valence-electron chi connectivity index (χ3n) is 7.73. The zero-order valence-electron chi connectivity index (χ0n) is 24.1. The maximum Gasteiger partial charge on any atom is 0.262 e. The van der Waals surface area contributed by atoms with Crippen molar-refractivity contribution in [3.8, 4) is 11.5 Å². The molecule has 9 heteroatoms. The molecule has 0 spiro atoms. The molecule has 2 aliphatic rings. The van der Waals surface area contributed by atoms with Crippen molar-refractivity contribution >= 4 is 42.1 Å². The summed E-state index contributed by atoms with van der Waals surface area (Å²) in [4.78, 5) is 20.2. The molecule has 0 radical (unpaired) electrons. The fourth-order valence-electron chi connectivity index (χ4n) is 5.44. The summed E-state index contributed by atoms with van der Waals surface area (Å²) in [6.45, 7) is 7.65. The van der Waals surface area contributed by atoms with Gasteiger partial charge in [-0.15, -0.1) is 24.8 Å². The van der Waals surface area contributed by atoms with Crippen LogP contribution in [0.15, 0.2) is 72.8 Å². The molecule has 42 heavy (non-hydrogen) atoms. The summed E-state index contributed by atoms with van der Waals surface area (Å²) in [5, 5.41) is 0. The number of halogens is 3. The summed E-state index contributed by atoms with van der Waals surface area (Å²) < 4.78 is 25.6. The van der Waals surface area contributed by atoms with Crippen molar-refractivity contribution in [2.75, 3.05) is 57.4 Å². The van der Waals surface area contributed by atoms with E-state index in [1.807, 2.05) is 36.4 Å². The summed E-state index contributed by atoms with van der Waals surface area (Å²) in [5.41, 5.74) is 1.79. The average Bonchev–Trinajstić information content (AvgIpc) is 3.00. The van der Waals surface area contributed by atoms with E-state index in [2.05, 4.69) is 9.80 Å². The van der Waals surface area contributed by atoms with E-state index in [1.165, 1.54) is 50.7 Å². The third kappa shape index (κ3) is 9.60.